The molecule has 0 aliphatic heterocycles. The van der Waals surface area contributed by atoms with Crippen LogP contribution in [0.2, 0.25) is 5.02 Å². The molecule has 1 aromatic carbocycles. The molecule has 0 radical (unpaired) electrons. The lowest BCUT2D eigenvalue weighted by atomic mass is 10.2. The summed E-state index contributed by atoms with van der Waals surface area (Å²) in [6.45, 7) is 3.30. The molecule has 0 spiro atoms. The van der Waals surface area contributed by atoms with Crippen LogP contribution in [0.1, 0.15) is 12.5 Å². The molecule has 2 nitrogen and oxygen atoms in total. The molecule has 1 rings (SSSR count). The number of thioether (sulfide) groups is 1. The number of benzene rings is 1. The summed E-state index contributed by atoms with van der Waals surface area (Å²) in [6, 6.07) is 5.92. The van der Waals surface area contributed by atoms with Crippen LogP contribution in [0, 0.1) is 0 Å². The van der Waals surface area contributed by atoms with Gasteiger partial charge in [-0.25, -0.2) is 0 Å². The van der Waals surface area contributed by atoms with E-state index in [0.29, 0.717) is 11.6 Å². The SMILES string of the molecule is CCOc1ccc(CSCCN)cc1Cl. The van der Waals surface area contributed by atoms with E-state index in [4.69, 9.17) is 22.1 Å². The summed E-state index contributed by atoms with van der Waals surface area (Å²) < 4.78 is 5.36. The van der Waals surface area contributed by atoms with E-state index in [2.05, 4.69) is 0 Å². The normalized spacial score (nSPS) is 10.3. The molecule has 0 aromatic heterocycles. The van der Waals surface area contributed by atoms with Gasteiger partial charge in [-0.2, -0.15) is 11.8 Å². The predicted molar refractivity (Wildman–Crippen MR) is 67.8 cm³/mol. The molecule has 0 aliphatic carbocycles. The molecule has 0 aliphatic rings. The van der Waals surface area contributed by atoms with Gasteiger partial charge in [-0.1, -0.05) is 17.7 Å². The smallest absolute Gasteiger partial charge is 0.137 e. The Morgan fingerprint density at radius 3 is 2.87 bits per heavy atom. The van der Waals surface area contributed by atoms with E-state index in [1.165, 1.54) is 5.56 Å². The maximum Gasteiger partial charge on any atom is 0.137 e. The van der Waals surface area contributed by atoms with Gasteiger partial charge in [0.25, 0.3) is 0 Å². The fourth-order valence-corrected chi connectivity index (χ4v) is 2.16. The van der Waals surface area contributed by atoms with Gasteiger partial charge in [0, 0.05) is 18.1 Å². The molecular formula is C11H16ClNOS. The molecule has 0 unspecified atom stereocenters. The zero-order chi connectivity index (χ0) is 11.1. The first kappa shape index (κ1) is 12.7. The molecule has 0 amide bonds. The van der Waals surface area contributed by atoms with E-state index in [1.807, 2.05) is 36.9 Å². The van der Waals surface area contributed by atoms with Gasteiger partial charge in [0.2, 0.25) is 0 Å². The molecule has 0 saturated heterocycles. The molecule has 0 saturated carbocycles. The third-order valence-electron chi connectivity index (χ3n) is 1.83. The Hall–Kier alpha value is -0.380. The average Bonchev–Trinajstić information content (AvgIpc) is 2.23. The second kappa shape index (κ2) is 6.99. The van der Waals surface area contributed by atoms with Gasteiger partial charge >= 0.3 is 0 Å². The Kier molecular flexibility index (Phi) is 5.91. The minimum atomic E-state index is 0.640. The van der Waals surface area contributed by atoms with E-state index in [1.54, 1.807) is 0 Å². The highest BCUT2D eigenvalue weighted by Crippen LogP contribution is 2.26. The van der Waals surface area contributed by atoms with Gasteiger partial charge in [0.05, 0.1) is 11.6 Å². The lowest BCUT2D eigenvalue weighted by molar-refractivity contribution is 0.340. The number of halogens is 1. The third-order valence-corrected chi connectivity index (χ3v) is 3.18. The van der Waals surface area contributed by atoms with E-state index in [9.17, 15) is 0 Å². The van der Waals surface area contributed by atoms with Crippen LogP contribution in [-0.4, -0.2) is 18.9 Å². The van der Waals surface area contributed by atoms with Crippen molar-refractivity contribution in [2.75, 3.05) is 18.9 Å². The number of ether oxygens (including phenoxy) is 1. The first-order chi connectivity index (χ1) is 7.27. The molecular weight excluding hydrogens is 230 g/mol. The summed E-state index contributed by atoms with van der Waals surface area (Å²) >= 11 is 7.87. The highest BCUT2D eigenvalue weighted by molar-refractivity contribution is 7.98. The van der Waals surface area contributed by atoms with Crippen LogP contribution in [-0.2, 0) is 5.75 Å². The second-order valence-electron chi connectivity index (χ2n) is 3.04. The van der Waals surface area contributed by atoms with Crippen molar-refractivity contribution in [2.45, 2.75) is 12.7 Å². The number of rotatable bonds is 6. The van der Waals surface area contributed by atoms with Crippen molar-refractivity contribution in [3.63, 3.8) is 0 Å². The van der Waals surface area contributed by atoms with Crippen molar-refractivity contribution in [1.29, 1.82) is 0 Å². The van der Waals surface area contributed by atoms with E-state index < -0.39 is 0 Å². The van der Waals surface area contributed by atoms with Gasteiger partial charge < -0.3 is 10.5 Å². The molecule has 4 heteroatoms. The summed E-state index contributed by atoms with van der Waals surface area (Å²) in [7, 11) is 0. The quantitative estimate of drug-likeness (QED) is 0.783. The molecule has 2 N–H and O–H groups in total. The Morgan fingerprint density at radius 2 is 2.27 bits per heavy atom. The van der Waals surface area contributed by atoms with Gasteiger partial charge in [-0.05, 0) is 24.6 Å². The molecule has 15 heavy (non-hydrogen) atoms. The molecule has 0 heterocycles. The Morgan fingerprint density at radius 1 is 1.47 bits per heavy atom. The topological polar surface area (TPSA) is 35.2 Å². The minimum absolute atomic E-state index is 0.640. The summed E-state index contributed by atoms with van der Waals surface area (Å²) in [5.41, 5.74) is 6.63. The van der Waals surface area contributed by atoms with Gasteiger partial charge in [-0.3, -0.25) is 0 Å². The number of hydrogen-bond acceptors (Lipinski definition) is 3. The van der Waals surface area contributed by atoms with Crippen LogP contribution in [0.4, 0.5) is 0 Å². The van der Waals surface area contributed by atoms with Crippen molar-refractivity contribution in [1.82, 2.24) is 0 Å². The number of hydrogen-bond donors (Lipinski definition) is 1. The van der Waals surface area contributed by atoms with Crippen molar-refractivity contribution in [2.24, 2.45) is 5.73 Å². The summed E-state index contributed by atoms with van der Waals surface area (Å²) in [5.74, 6) is 2.68. The summed E-state index contributed by atoms with van der Waals surface area (Å²) in [6.07, 6.45) is 0. The number of nitrogens with two attached hydrogens (primary N) is 1. The zero-order valence-corrected chi connectivity index (χ0v) is 10.4. The Labute approximate surface area is 100 Å². The van der Waals surface area contributed by atoms with Crippen molar-refractivity contribution in [3.05, 3.63) is 28.8 Å². The highest BCUT2D eigenvalue weighted by atomic mass is 35.5. The second-order valence-corrected chi connectivity index (χ2v) is 4.55. The maximum absolute atomic E-state index is 6.06. The molecule has 1 aromatic rings. The molecule has 0 bridgehead atoms. The van der Waals surface area contributed by atoms with Gasteiger partial charge in [-0.15, -0.1) is 0 Å². The lowest BCUT2D eigenvalue weighted by Crippen LogP contribution is -2.01. The standard InChI is InChI=1S/C11H16ClNOS/c1-2-14-11-4-3-9(7-10(11)12)8-15-6-5-13/h3-4,7H,2,5-6,8,13H2,1H3. The fraction of sp³-hybridized carbons (Fsp3) is 0.455. The van der Waals surface area contributed by atoms with E-state index in [0.717, 1.165) is 23.8 Å². The van der Waals surface area contributed by atoms with Crippen LogP contribution < -0.4 is 10.5 Å². The summed E-state index contributed by atoms with van der Waals surface area (Å²) in [5, 5.41) is 0.683. The van der Waals surface area contributed by atoms with Crippen LogP contribution >= 0.6 is 23.4 Å². The first-order valence-electron chi connectivity index (χ1n) is 4.97. The average molecular weight is 246 g/mol. The first-order valence-corrected chi connectivity index (χ1v) is 6.50. The zero-order valence-electron chi connectivity index (χ0n) is 8.83. The van der Waals surface area contributed by atoms with Gasteiger partial charge in [0.15, 0.2) is 0 Å². The lowest BCUT2D eigenvalue weighted by Gasteiger charge is -2.07. The van der Waals surface area contributed by atoms with E-state index in [-0.39, 0.29) is 0 Å². The minimum Gasteiger partial charge on any atom is -0.492 e. The van der Waals surface area contributed by atoms with Crippen LogP contribution in [0.5, 0.6) is 5.75 Å². The molecule has 84 valence electrons. The highest BCUT2D eigenvalue weighted by Gasteiger charge is 2.02. The predicted octanol–water partition coefficient (Wildman–Crippen LogP) is 2.93. The van der Waals surface area contributed by atoms with Crippen LogP contribution in [0.3, 0.4) is 0 Å². The molecule has 0 atom stereocenters. The van der Waals surface area contributed by atoms with Crippen LogP contribution in [0.15, 0.2) is 18.2 Å². The van der Waals surface area contributed by atoms with Gasteiger partial charge in [0.1, 0.15) is 5.75 Å². The monoisotopic (exact) mass is 245 g/mol. The maximum atomic E-state index is 6.06. The van der Waals surface area contributed by atoms with Crippen molar-refractivity contribution < 1.29 is 4.74 Å². The Bertz CT molecular complexity index is 307. The summed E-state index contributed by atoms with van der Waals surface area (Å²) in [4.78, 5) is 0. The molecule has 0 fully saturated rings. The Balaban J connectivity index is 2.56. The largest absolute Gasteiger partial charge is 0.492 e. The van der Waals surface area contributed by atoms with Crippen molar-refractivity contribution in [3.8, 4) is 5.75 Å². The fourth-order valence-electron chi connectivity index (χ4n) is 1.18. The van der Waals surface area contributed by atoms with Crippen LogP contribution in [0.25, 0.3) is 0 Å². The van der Waals surface area contributed by atoms with Crippen molar-refractivity contribution >= 4 is 23.4 Å². The third kappa shape index (κ3) is 4.33. The van der Waals surface area contributed by atoms with E-state index >= 15 is 0 Å².